The molecule has 2 aliphatic carbocycles. The lowest BCUT2D eigenvalue weighted by Gasteiger charge is -2.33. The number of benzene rings is 10. The number of aromatic nitrogens is 2. The molecule has 2 heteroatoms. The minimum Gasteiger partial charge on any atom is -0.228 e. The lowest BCUT2D eigenvalue weighted by atomic mass is 9.67. The van der Waals surface area contributed by atoms with Crippen LogP contribution in [-0.2, 0) is 10.8 Å². The van der Waals surface area contributed by atoms with Crippen molar-refractivity contribution in [1.29, 1.82) is 0 Å². The molecule has 1 heterocycles. The van der Waals surface area contributed by atoms with E-state index in [0.29, 0.717) is 5.82 Å². The molecule has 11 aromatic rings. The summed E-state index contributed by atoms with van der Waals surface area (Å²) in [4.78, 5) is 10.8. The molecule has 0 fully saturated rings. The molecule has 10 aromatic carbocycles. The molecule has 13 rings (SSSR count). The maximum atomic E-state index is 5.39. The van der Waals surface area contributed by atoms with Crippen LogP contribution in [-0.4, -0.2) is 9.97 Å². The molecule has 0 saturated carbocycles. The normalized spacial score (nSPS) is 13.8. The predicted octanol–water partition coefficient (Wildman–Crippen LogP) is 16.1. The first-order chi connectivity index (χ1) is 32.5. The van der Waals surface area contributed by atoms with Crippen molar-refractivity contribution in [3.63, 3.8) is 0 Å². The second-order valence-electron chi connectivity index (χ2n) is 18.4. The maximum Gasteiger partial charge on any atom is 0.160 e. The Balaban J connectivity index is 1.01. The number of rotatable bonds is 6. The van der Waals surface area contributed by atoms with E-state index in [1.165, 1.54) is 82.9 Å². The van der Waals surface area contributed by atoms with E-state index < -0.39 is 5.41 Å². The molecule has 0 amide bonds. The van der Waals surface area contributed by atoms with Crippen molar-refractivity contribution >= 4 is 21.5 Å². The first kappa shape index (κ1) is 38.3. The largest absolute Gasteiger partial charge is 0.228 e. The summed E-state index contributed by atoms with van der Waals surface area (Å²) < 4.78 is 0. The van der Waals surface area contributed by atoms with Crippen molar-refractivity contribution in [3.05, 3.63) is 264 Å². The Morgan fingerprint density at radius 3 is 1.62 bits per heavy atom. The molecule has 1 aromatic heterocycles. The summed E-state index contributed by atoms with van der Waals surface area (Å²) in [6.07, 6.45) is 0. The third-order valence-corrected chi connectivity index (χ3v) is 14.6. The van der Waals surface area contributed by atoms with Gasteiger partial charge in [0.05, 0.1) is 16.8 Å². The van der Waals surface area contributed by atoms with E-state index in [9.17, 15) is 0 Å². The van der Waals surface area contributed by atoms with Crippen molar-refractivity contribution in [2.75, 3.05) is 0 Å². The molecule has 2 nitrogen and oxygen atoms in total. The zero-order valence-corrected chi connectivity index (χ0v) is 36.8. The second kappa shape index (κ2) is 14.7. The summed E-state index contributed by atoms with van der Waals surface area (Å²) in [7, 11) is 0. The van der Waals surface area contributed by atoms with Gasteiger partial charge in [-0.05, 0) is 100 Å². The number of hydrogen-bond donors (Lipinski definition) is 0. The topological polar surface area (TPSA) is 25.8 Å². The molecule has 2 aliphatic rings. The Hall–Kier alpha value is -8.20. The van der Waals surface area contributed by atoms with Gasteiger partial charge in [0, 0.05) is 22.1 Å². The zero-order valence-electron chi connectivity index (χ0n) is 36.8. The van der Waals surface area contributed by atoms with Gasteiger partial charge in [-0.1, -0.05) is 232 Å². The Bertz CT molecular complexity index is 3680. The number of fused-ring (bicyclic) bond motifs is 9. The summed E-state index contributed by atoms with van der Waals surface area (Å²) in [6.45, 7) is 4.74. The molecule has 0 N–H and O–H groups in total. The molecule has 0 bridgehead atoms. The molecule has 0 unspecified atom stereocenters. The van der Waals surface area contributed by atoms with Crippen LogP contribution >= 0.6 is 0 Å². The Labute approximate surface area is 385 Å². The summed E-state index contributed by atoms with van der Waals surface area (Å²) in [5, 5.41) is 4.93. The number of nitrogens with zero attached hydrogens (tertiary/aromatic N) is 2. The van der Waals surface area contributed by atoms with Crippen molar-refractivity contribution < 1.29 is 0 Å². The Morgan fingerprint density at radius 2 is 0.864 bits per heavy atom. The fourth-order valence-corrected chi connectivity index (χ4v) is 11.6. The maximum absolute atomic E-state index is 5.39. The van der Waals surface area contributed by atoms with E-state index >= 15 is 0 Å². The van der Waals surface area contributed by atoms with Gasteiger partial charge < -0.3 is 0 Å². The SMILES string of the molecule is CC1(C)c2cccc(-c3ccc(-c4cc(-c5ccc6c(c5)-c5ccccc5C6(c5ccccc5)c5ccccc5)nc(-c5ccccc5)n4)c4ccccc34)c2-c2c1ccc1ccccc21. The van der Waals surface area contributed by atoms with E-state index in [0.717, 1.165) is 33.5 Å². The Morgan fingerprint density at radius 1 is 0.318 bits per heavy atom. The average molecular weight is 841 g/mol. The van der Waals surface area contributed by atoms with E-state index in [2.05, 4.69) is 238 Å². The summed E-state index contributed by atoms with van der Waals surface area (Å²) in [5.74, 6) is 0.701. The van der Waals surface area contributed by atoms with Crippen LogP contribution in [0.25, 0.3) is 88.8 Å². The molecule has 0 aliphatic heterocycles. The smallest absolute Gasteiger partial charge is 0.160 e. The van der Waals surface area contributed by atoms with Crippen molar-refractivity contribution in [2.24, 2.45) is 0 Å². The van der Waals surface area contributed by atoms with E-state index in [1.54, 1.807) is 0 Å². The molecule has 0 radical (unpaired) electrons. The molecule has 0 spiro atoms. The minimum atomic E-state index is -0.469. The number of hydrogen-bond acceptors (Lipinski definition) is 2. The van der Waals surface area contributed by atoms with Crippen molar-refractivity contribution in [3.8, 4) is 67.3 Å². The van der Waals surface area contributed by atoms with E-state index in [4.69, 9.17) is 9.97 Å². The van der Waals surface area contributed by atoms with Crippen LogP contribution in [0, 0.1) is 0 Å². The fraction of sp³-hybridized carbons (Fsp3) is 0.0625. The molecule has 310 valence electrons. The van der Waals surface area contributed by atoms with E-state index in [1.807, 2.05) is 6.07 Å². The van der Waals surface area contributed by atoms with Gasteiger partial charge in [0.15, 0.2) is 5.82 Å². The lowest BCUT2D eigenvalue weighted by Crippen LogP contribution is -2.28. The highest BCUT2D eigenvalue weighted by molar-refractivity contribution is 6.11. The summed E-state index contributed by atoms with van der Waals surface area (Å²) in [6, 6.07) is 84.3. The van der Waals surface area contributed by atoms with Crippen LogP contribution in [0.15, 0.2) is 231 Å². The summed E-state index contributed by atoms with van der Waals surface area (Å²) in [5.41, 5.74) is 19.7. The molecule has 66 heavy (non-hydrogen) atoms. The van der Waals surface area contributed by atoms with Gasteiger partial charge in [0.1, 0.15) is 0 Å². The highest BCUT2D eigenvalue weighted by atomic mass is 14.9. The molecular formula is C64H44N2. The fourth-order valence-electron chi connectivity index (χ4n) is 11.6. The predicted molar refractivity (Wildman–Crippen MR) is 274 cm³/mol. The molecule has 0 atom stereocenters. The standard InChI is InChI=1S/C64H44N2/c1-63(2)56-32-18-30-52(61(56)60-46-26-13-12-19-41(46)33-38-57(60)63)49-35-36-51(48-28-15-14-27-47(48)49)59-40-58(65-62(66-59)42-20-6-3-7-21-42)43-34-37-55-53(39-43)50-29-16-17-31-54(50)64(55,44-22-8-4-9-23-44)45-24-10-5-11-25-45/h3-40H,1-2H3. The first-order valence-corrected chi connectivity index (χ1v) is 23.0. The highest BCUT2D eigenvalue weighted by Crippen LogP contribution is 2.58. The van der Waals surface area contributed by atoms with Gasteiger partial charge >= 0.3 is 0 Å². The monoisotopic (exact) mass is 840 g/mol. The van der Waals surface area contributed by atoms with Gasteiger partial charge in [0.25, 0.3) is 0 Å². The lowest BCUT2D eigenvalue weighted by molar-refractivity contribution is 0.661. The third kappa shape index (κ3) is 5.55. The highest BCUT2D eigenvalue weighted by Gasteiger charge is 2.46. The van der Waals surface area contributed by atoms with Crippen LogP contribution < -0.4 is 0 Å². The quantitative estimate of drug-likeness (QED) is 0.167. The zero-order chi connectivity index (χ0) is 44.0. The van der Waals surface area contributed by atoms with E-state index in [-0.39, 0.29) is 5.41 Å². The average Bonchev–Trinajstić information content (AvgIpc) is 3.82. The van der Waals surface area contributed by atoms with Crippen LogP contribution in [0.5, 0.6) is 0 Å². The van der Waals surface area contributed by atoms with Gasteiger partial charge in [-0.15, -0.1) is 0 Å². The van der Waals surface area contributed by atoms with Crippen molar-refractivity contribution in [1.82, 2.24) is 9.97 Å². The third-order valence-electron chi connectivity index (χ3n) is 14.6. The van der Waals surface area contributed by atoms with Crippen LogP contribution in [0.4, 0.5) is 0 Å². The molecule has 0 saturated heterocycles. The van der Waals surface area contributed by atoms with Gasteiger partial charge in [-0.2, -0.15) is 0 Å². The van der Waals surface area contributed by atoms with Crippen LogP contribution in [0.2, 0.25) is 0 Å². The van der Waals surface area contributed by atoms with Gasteiger partial charge in [-0.3, -0.25) is 0 Å². The summed E-state index contributed by atoms with van der Waals surface area (Å²) >= 11 is 0. The van der Waals surface area contributed by atoms with Crippen LogP contribution in [0.3, 0.4) is 0 Å². The van der Waals surface area contributed by atoms with Gasteiger partial charge in [-0.25, -0.2) is 9.97 Å². The van der Waals surface area contributed by atoms with Gasteiger partial charge in [0.2, 0.25) is 0 Å². The second-order valence-corrected chi connectivity index (χ2v) is 18.4. The van der Waals surface area contributed by atoms with Crippen LogP contribution in [0.1, 0.15) is 47.2 Å². The molecular weight excluding hydrogens is 797 g/mol. The Kier molecular flexibility index (Phi) is 8.51. The van der Waals surface area contributed by atoms with Crippen molar-refractivity contribution in [2.45, 2.75) is 24.7 Å². The first-order valence-electron chi connectivity index (χ1n) is 23.0. The minimum absolute atomic E-state index is 0.129.